The van der Waals surface area contributed by atoms with Crippen molar-refractivity contribution in [3.8, 4) is 0 Å². The molecule has 1 saturated carbocycles. The Morgan fingerprint density at radius 2 is 1.93 bits per heavy atom. The Morgan fingerprint density at radius 1 is 1.14 bits per heavy atom. The first-order chi connectivity index (χ1) is 13.3. The lowest BCUT2D eigenvalue weighted by molar-refractivity contribution is -0.119. The van der Waals surface area contributed by atoms with Crippen LogP contribution >= 0.6 is 0 Å². The number of sulfone groups is 1. The number of carbonyl (C=O) groups is 1. The second-order valence-corrected chi connectivity index (χ2v) is 9.34. The van der Waals surface area contributed by atoms with E-state index in [1.165, 1.54) is 12.3 Å². The van der Waals surface area contributed by atoms with Crippen molar-refractivity contribution >= 4 is 21.3 Å². The first-order valence-corrected chi connectivity index (χ1v) is 11.1. The first kappa shape index (κ1) is 18.6. The van der Waals surface area contributed by atoms with Crippen LogP contribution in [0.5, 0.6) is 0 Å². The van der Waals surface area contributed by atoms with E-state index in [-0.39, 0.29) is 22.5 Å². The minimum absolute atomic E-state index is 0.0104. The topological polar surface area (TPSA) is 109 Å². The van der Waals surface area contributed by atoms with E-state index in [0.29, 0.717) is 35.6 Å². The SMILES string of the molecule is CS(=O)(=O)c1ccc(/C(=C\[C@H]2CCC(=O)N2)c2ccc(C3CC3)c(=O)[nH]2)cn1. The number of nitrogens with one attached hydrogen (secondary N) is 2. The molecule has 2 aliphatic rings. The third kappa shape index (κ3) is 3.91. The van der Waals surface area contributed by atoms with Crippen molar-refractivity contribution in [2.45, 2.75) is 42.7 Å². The summed E-state index contributed by atoms with van der Waals surface area (Å²) in [5.74, 6) is 0.332. The number of pyridine rings is 2. The fraction of sp³-hybridized carbons (Fsp3) is 0.350. The Bertz CT molecular complexity index is 1110. The number of hydrogen-bond acceptors (Lipinski definition) is 5. The predicted octanol–water partition coefficient (Wildman–Crippen LogP) is 1.76. The van der Waals surface area contributed by atoms with Crippen LogP contribution in [0.15, 0.2) is 46.4 Å². The second-order valence-electron chi connectivity index (χ2n) is 7.38. The van der Waals surface area contributed by atoms with Crippen LogP contribution in [0.3, 0.4) is 0 Å². The molecule has 1 atom stereocenters. The molecule has 0 bridgehead atoms. The van der Waals surface area contributed by atoms with Crippen LogP contribution in [0.2, 0.25) is 0 Å². The summed E-state index contributed by atoms with van der Waals surface area (Å²) in [6.45, 7) is 0. The van der Waals surface area contributed by atoms with Crippen LogP contribution in [0.4, 0.5) is 0 Å². The molecule has 1 aliphatic heterocycles. The van der Waals surface area contributed by atoms with Crippen molar-refractivity contribution < 1.29 is 13.2 Å². The number of aromatic nitrogens is 2. The molecule has 0 radical (unpaired) electrons. The van der Waals surface area contributed by atoms with E-state index in [0.717, 1.165) is 24.7 Å². The predicted molar refractivity (Wildman–Crippen MR) is 105 cm³/mol. The third-order valence-corrected chi connectivity index (χ3v) is 6.07. The van der Waals surface area contributed by atoms with E-state index in [2.05, 4.69) is 15.3 Å². The zero-order valence-corrected chi connectivity index (χ0v) is 16.3. The van der Waals surface area contributed by atoms with Crippen LogP contribution in [-0.2, 0) is 14.6 Å². The zero-order chi connectivity index (χ0) is 19.9. The monoisotopic (exact) mass is 399 g/mol. The summed E-state index contributed by atoms with van der Waals surface area (Å²) in [6, 6.07) is 6.68. The van der Waals surface area contributed by atoms with Crippen LogP contribution in [0.1, 0.15) is 48.4 Å². The number of nitrogens with zero attached hydrogens (tertiary/aromatic N) is 1. The van der Waals surface area contributed by atoms with Gasteiger partial charge in [0.05, 0.1) is 0 Å². The molecule has 2 aromatic rings. The van der Waals surface area contributed by atoms with E-state index < -0.39 is 9.84 Å². The van der Waals surface area contributed by atoms with Gasteiger partial charge in [0.25, 0.3) is 5.56 Å². The van der Waals surface area contributed by atoms with Crippen LogP contribution in [0.25, 0.3) is 5.57 Å². The van der Waals surface area contributed by atoms with Gasteiger partial charge in [-0.25, -0.2) is 13.4 Å². The van der Waals surface area contributed by atoms with Gasteiger partial charge >= 0.3 is 0 Å². The van der Waals surface area contributed by atoms with E-state index in [1.807, 2.05) is 18.2 Å². The maximum absolute atomic E-state index is 12.5. The fourth-order valence-corrected chi connectivity index (χ4v) is 3.98. The van der Waals surface area contributed by atoms with Crippen LogP contribution in [0, 0.1) is 0 Å². The van der Waals surface area contributed by atoms with E-state index in [9.17, 15) is 18.0 Å². The highest BCUT2D eigenvalue weighted by molar-refractivity contribution is 7.90. The fourth-order valence-electron chi connectivity index (χ4n) is 3.42. The zero-order valence-electron chi connectivity index (χ0n) is 15.4. The second kappa shape index (κ2) is 7.01. The standard InChI is InChI=1S/C20H21N3O4S/c1-28(26,27)19-9-4-13(11-21-19)16(10-14-5-8-18(24)22-14)17-7-6-15(12-2-3-12)20(25)23-17/h4,6-7,9-12,14H,2-3,5,8H2,1H3,(H,22,24)(H,23,25)/b16-10+/t14-/m1/s1. The molecule has 2 aromatic heterocycles. The van der Waals surface area contributed by atoms with Crippen molar-refractivity contribution in [2.24, 2.45) is 0 Å². The van der Waals surface area contributed by atoms with Crippen LogP contribution < -0.4 is 10.9 Å². The normalized spacial score (nSPS) is 20.2. The van der Waals surface area contributed by atoms with E-state index >= 15 is 0 Å². The van der Waals surface area contributed by atoms with Gasteiger partial charge in [0.1, 0.15) is 0 Å². The lowest BCUT2D eigenvalue weighted by Crippen LogP contribution is -2.23. The molecule has 2 N–H and O–H groups in total. The molecule has 0 aromatic carbocycles. The summed E-state index contributed by atoms with van der Waals surface area (Å²) < 4.78 is 23.4. The molecule has 0 spiro atoms. The average molecular weight is 399 g/mol. The molecule has 3 heterocycles. The molecular formula is C20H21N3O4S. The highest BCUT2D eigenvalue weighted by Gasteiger charge is 2.27. The van der Waals surface area contributed by atoms with Gasteiger partial charge in [0.15, 0.2) is 14.9 Å². The molecule has 1 aliphatic carbocycles. The lowest BCUT2D eigenvalue weighted by Gasteiger charge is -2.13. The average Bonchev–Trinajstić information content (AvgIpc) is 3.40. The summed E-state index contributed by atoms with van der Waals surface area (Å²) in [5.41, 5.74) is 2.68. The van der Waals surface area contributed by atoms with Gasteiger partial charge in [-0.1, -0.05) is 12.1 Å². The summed E-state index contributed by atoms with van der Waals surface area (Å²) in [4.78, 5) is 31.1. The van der Waals surface area contributed by atoms with Crippen molar-refractivity contribution in [3.63, 3.8) is 0 Å². The first-order valence-electron chi connectivity index (χ1n) is 9.22. The molecule has 4 rings (SSSR count). The Morgan fingerprint density at radius 3 is 2.46 bits per heavy atom. The molecule has 1 amide bonds. The maximum atomic E-state index is 12.5. The molecule has 8 heteroatoms. The van der Waals surface area contributed by atoms with E-state index in [1.54, 1.807) is 6.07 Å². The Hall–Kier alpha value is -2.74. The van der Waals surface area contributed by atoms with Crippen molar-refractivity contribution in [3.05, 3.63) is 63.7 Å². The summed E-state index contributed by atoms with van der Waals surface area (Å²) in [6.07, 6.45) is 7.68. The maximum Gasteiger partial charge on any atom is 0.251 e. The Balaban J connectivity index is 1.76. The summed E-state index contributed by atoms with van der Waals surface area (Å²) >= 11 is 0. The Labute approximate surface area is 162 Å². The number of H-pyrrole nitrogens is 1. The van der Waals surface area contributed by atoms with Gasteiger partial charge in [-0.3, -0.25) is 9.59 Å². The number of hydrogen-bond donors (Lipinski definition) is 2. The number of rotatable bonds is 5. The molecular weight excluding hydrogens is 378 g/mol. The van der Waals surface area contributed by atoms with Gasteiger partial charge in [0.2, 0.25) is 5.91 Å². The third-order valence-electron chi connectivity index (χ3n) is 5.07. The lowest BCUT2D eigenvalue weighted by atomic mass is 9.99. The number of amides is 1. The van der Waals surface area contributed by atoms with Crippen molar-refractivity contribution in [1.29, 1.82) is 0 Å². The molecule has 146 valence electrons. The van der Waals surface area contributed by atoms with Crippen molar-refractivity contribution in [2.75, 3.05) is 6.26 Å². The quantitative estimate of drug-likeness (QED) is 0.796. The van der Waals surface area contributed by atoms with Gasteiger partial charge in [-0.05, 0) is 43.4 Å². The molecule has 2 fully saturated rings. The molecule has 1 saturated heterocycles. The summed E-state index contributed by atoms with van der Waals surface area (Å²) in [5, 5.41) is 2.88. The molecule has 0 unspecified atom stereocenters. The van der Waals surface area contributed by atoms with Gasteiger partial charge < -0.3 is 10.3 Å². The molecule has 7 nitrogen and oxygen atoms in total. The minimum Gasteiger partial charge on any atom is -0.350 e. The smallest absolute Gasteiger partial charge is 0.251 e. The number of carbonyl (C=O) groups excluding carboxylic acids is 1. The van der Waals surface area contributed by atoms with Crippen molar-refractivity contribution in [1.82, 2.24) is 15.3 Å². The van der Waals surface area contributed by atoms with Crippen LogP contribution in [-0.4, -0.2) is 36.6 Å². The minimum atomic E-state index is -3.40. The van der Waals surface area contributed by atoms with E-state index in [4.69, 9.17) is 0 Å². The highest BCUT2D eigenvalue weighted by Crippen LogP contribution is 2.38. The highest BCUT2D eigenvalue weighted by atomic mass is 32.2. The van der Waals surface area contributed by atoms with Gasteiger partial charge in [-0.15, -0.1) is 0 Å². The Kier molecular flexibility index (Phi) is 4.66. The molecule has 28 heavy (non-hydrogen) atoms. The van der Waals surface area contributed by atoms with Gasteiger partial charge in [0, 0.05) is 47.3 Å². The van der Waals surface area contributed by atoms with Gasteiger partial charge in [-0.2, -0.15) is 0 Å². The number of aromatic amines is 1. The largest absolute Gasteiger partial charge is 0.350 e. The summed E-state index contributed by atoms with van der Waals surface area (Å²) in [7, 11) is -3.40.